The molecule has 8 heteroatoms. The topological polar surface area (TPSA) is 106 Å². The molecule has 0 atom stereocenters. The molecule has 0 heterocycles. The summed E-state index contributed by atoms with van der Waals surface area (Å²) in [5.74, 6) is -0.896. The fourth-order valence-corrected chi connectivity index (χ4v) is 1.07. The van der Waals surface area contributed by atoms with Crippen LogP contribution in [-0.2, 0) is 19.0 Å². The summed E-state index contributed by atoms with van der Waals surface area (Å²) in [6.07, 6.45) is 0.980. The predicted molar refractivity (Wildman–Crippen MR) is 71.7 cm³/mol. The van der Waals surface area contributed by atoms with E-state index in [0.29, 0.717) is 39.5 Å². The van der Waals surface area contributed by atoms with Crippen LogP contribution in [0.15, 0.2) is 12.7 Å². The summed E-state index contributed by atoms with van der Waals surface area (Å²) in [4.78, 5) is 21.1. The van der Waals surface area contributed by atoms with E-state index in [0.717, 1.165) is 0 Å². The zero-order valence-corrected chi connectivity index (χ0v) is 11.4. The lowest BCUT2D eigenvalue weighted by Gasteiger charge is -2.07. The van der Waals surface area contributed by atoms with E-state index in [4.69, 9.17) is 19.3 Å². The van der Waals surface area contributed by atoms with Crippen molar-refractivity contribution in [2.45, 2.75) is 0 Å². The molecule has 0 aromatic carbocycles. The monoisotopic (exact) mass is 290 g/mol. The van der Waals surface area contributed by atoms with Crippen molar-refractivity contribution >= 4 is 12.1 Å². The Morgan fingerprint density at radius 2 is 1.75 bits per heavy atom. The second-order valence-electron chi connectivity index (χ2n) is 3.61. The summed E-state index contributed by atoms with van der Waals surface area (Å²) >= 11 is 0. The largest absolute Gasteiger partial charge is 0.480 e. The smallest absolute Gasteiger partial charge is 0.407 e. The molecule has 0 bridgehead atoms. The van der Waals surface area contributed by atoms with E-state index < -0.39 is 12.1 Å². The maximum absolute atomic E-state index is 11.0. The van der Waals surface area contributed by atoms with Crippen molar-refractivity contribution < 1.29 is 28.9 Å². The quantitative estimate of drug-likeness (QED) is 0.313. The number of carboxylic acids is 1. The standard InChI is InChI=1S/C12H22N2O6/c1-2-5-20-12(17)14-4-7-19-9-8-18-6-3-13-10-11(15)16/h2,13H,1,3-10H2,(H,14,17)(H,15,16). The molecule has 0 saturated carbocycles. The number of nitrogens with one attached hydrogen (secondary N) is 2. The van der Waals surface area contributed by atoms with Gasteiger partial charge < -0.3 is 30.0 Å². The molecule has 0 rings (SSSR count). The lowest BCUT2D eigenvalue weighted by molar-refractivity contribution is -0.136. The minimum Gasteiger partial charge on any atom is -0.480 e. The van der Waals surface area contributed by atoms with Crippen LogP contribution in [0.3, 0.4) is 0 Å². The van der Waals surface area contributed by atoms with Gasteiger partial charge in [0.15, 0.2) is 0 Å². The summed E-state index contributed by atoms with van der Waals surface area (Å²) in [6.45, 7) is 5.96. The van der Waals surface area contributed by atoms with E-state index in [1.807, 2.05) is 0 Å². The highest BCUT2D eigenvalue weighted by atomic mass is 16.5. The molecule has 0 aromatic heterocycles. The summed E-state index contributed by atoms with van der Waals surface area (Å²) in [5.41, 5.74) is 0. The highest BCUT2D eigenvalue weighted by Gasteiger charge is 1.98. The number of alkyl carbamates (subject to hydrolysis) is 1. The van der Waals surface area contributed by atoms with Crippen LogP contribution in [0.25, 0.3) is 0 Å². The normalized spacial score (nSPS) is 10.0. The Morgan fingerprint density at radius 1 is 1.10 bits per heavy atom. The van der Waals surface area contributed by atoms with Gasteiger partial charge in [0, 0.05) is 13.1 Å². The van der Waals surface area contributed by atoms with Crippen LogP contribution in [-0.4, -0.2) is 69.8 Å². The van der Waals surface area contributed by atoms with E-state index in [1.54, 1.807) is 0 Å². The van der Waals surface area contributed by atoms with Crippen LogP contribution >= 0.6 is 0 Å². The minimum absolute atomic E-state index is 0.0759. The van der Waals surface area contributed by atoms with Crippen LogP contribution in [0.2, 0.25) is 0 Å². The van der Waals surface area contributed by atoms with Gasteiger partial charge in [-0.1, -0.05) is 12.7 Å². The fourth-order valence-electron chi connectivity index (χ4n) is 1.07. The van der Waals surface area contributed by atoms with Crippen molar-refractivity contribution in [2.24, 2.45) is 0 Å². The molecule has 0 aliphatic heterocycles. The summed E-state index contributed by atoms with van der Waals surface area (Å²) < 4.78 is 15.1. The Labute approximate surface area is 118 Å². The highest BCUT2D eigenvalue weighted by Crippen LogP contribution is 1.80. The molecule has 3 N–H and O–H groups in total. The third-order valence-electron chi connectivity index (χ3n) is 1.92. The number of carbonyl (C=O) groups excluding carboxylic acids is 1. The van der Waals surface area contributed by atoms with Crippen molar-refractivity contribution in [3.05, 3.63) is 12.7 Å². The maximum atomic E-state index is 11.0. The first-order valence-electron chi connectivity index (χ1n) is 6.26. The number of carbonyl (C=O) groups is 2. The van der Waals surface area contributed by atoms with Crippen LogP contribution in [0.1, 0.15) is 0 Å². The van der Waals surface area contributed by atoms with E-state index in [1.165, 1.54) is 6.08 Å². The number of aliphatic carboxylic acids is 1. The first kappa shape index (κ1) is 18.4. The fraction of sp³-hybridized carbons (Fsp3) is 0.667. The van der Waals surface area contributed by atoms with Crippen LogP contribution in [0.5, 0.6) is 0 Å². The molecule has 0 fully saturated rings. The van der Waals surface area contributed by atoms with Gasteiger partial charge in [-0.25, -0.2) is 4.79 Å². The Kier molecular flexibility index (Phi) is 12.7. The molecule has 0 aliphatic rings. The molecular formula is C12H22N2O6. The number of hydrogen-bond donors (Lipinski definition) is 3. The lowest BCUT2D eigenvalue weighted by Crippen LogP contribution is -2.28. The van der Waals surface area contributed by atoms with Crippen molar-refractivity contribution in [1.82, 2.24) is 10.6 Å². The number of ether oxygens (including phenoxy) is 3. The molecule has 0 aliphatic carbocycles. The van der Waals surface area contributed by atoms with Gasteiger partial charge in [-0.15, -0.1) is 0 Å². The second kappa shape index (κ2) is 13.8. The zero-order chi connectivity index (χ0) is 15.1. The number of hydrogen-bond acceptors (Lipinski definition) is 6. The van der Waals surface area contributed by atoms with E-state index in [9.17, 15) is 9.59 Å². The summed E-state index contributed by atoms with van der Waals surface area (Å²) in [7, 11) is 0. The molecule has 0 unspecified atom stereocenters. The van der Waals surface area contributed by atoms with Crippen LogP contribution in [0.4, 0.5) is 4.79 Å². The predicted octanol–water partition coefficient (Wildman–Crippen LogP) is -0.394. The molecule has 0 saturated heterocycles. The van der Waals surface area contributed by atoms with Gasteiger partial charge in [0.2, 0.25) is 0 Å². The molecule has 0 aromatic rings. The van der Waals surface area contributed by atoms with Gasteiger partial charge in [-0.2, -0.15) is 0 Å². The van der Waals surface area contributed by atoms with Gasteiger partial charge in [0.05, 0.1) is 33.0 Å². The summed E-state index contributed by atoms with van der Waals surface area (Å²) in [5, 5.41) is 13.6. The minimum atomic E-state index is -0.896. The molecule has 116 valence electrons. The Bertz CT molecular complexity index is 285. The molecule has 1 amide bonds. The second-order valence-corrected chi connectivity index (χ2v) is 3.61. The molecule has 8 nitrogen and oxygen atoms in total. The van der Waals surface area contributed by atoms with Gasteiger partial charge in [0.25, 0.3) is 0 Å². The van der Waals surface area contributed by atoms with Gasteiger partial charge in [0.1, 0.15) is 6.61 Å². The van der Waals surface area contributed by atoms with Gasteiger partial charge >= 0.3 is 12.1 Å². The van der Waals surface area contributed by atoms with Crippen molar-refractivity contribution in [1.29, 1.82) is 0 Å². The number of rotatable bonds is 13. The van der Waals surface area contributed by atoms with Crippen molar-refractivity contribution in [3.63, 3.8) is 0 Å². The van der Waals surface area contributed by atoms with E-state index in [2.05, 4.69) is 17.2 Å². The average Bonchev–Trinajstić information content (AvgIpc) is 2.42. The first-order valence-corrected chi connectivity index (χ1v) is 6.26. The zero-order valence-electron chi connectivity index (χ0n) is 11.4. The summed E-state index contributed by atoms with van der Waals surface area (Å²) in [6, 6.07) is 0. The van der Waals surface area contributed by atoms with Gasteiger partial charge in [-0.05, 0) is 0 Å². The van der Waals surface area contributed by atoms with Crippen LogP contribution < -0.4 is 10.6 Å². The van der Waals surface area contributed by atoms with Gasteiger partial charge in [-0.3, -0.25) is 4.79 Å². The molecule has 0 spiro atoms. The van der Waals surface area contributed by atoms with Crippen LogP contribution in [0, 0.1) is 0 Å². The van der Waals surface area contributed by atoms with E-state index in [-0.39, 0.29) is 13.2 Å². The highest BCUT2D eigenvalue weighted by molar-refractivity contribution is 5.69. The Balaban J connectivity index is 3.11. The Hall–Kier alpha value is -1.64. The third kappa shape index (κ3) is 14.4. The van der Waals surface area contributed by atoms with Crippen molar-refractivity contribution in [2.75, 3.05) is 52.7 Å². The third-order valence-corrected chi connectivity index (χ3v) is 1.92. The first-order chi connectivity index (χ1) is 9.66. The number of amides is 1. The number of carboxylic acid groups (broad SMARTS) is 1. The maximum Gasteiger partial charge on any atom is 0.407 e. The molecule has 0 radical (unpaired) electrons. The lowest BCUT2D eigenvalue weighted by atomic mass is 10.6. The average molecular weight is 290 g/mol. The molecular weight excluding hydrogens is 268 g/mol. The van der Waals surface area contributed by atoms with E-state index >= 15 is 0 Å². The molecule has 20 heavy (non-hydrogen) atoms. The Morgan fingerprint density at radius 3 is 2.35 bits per heavy atom. The SMILES string of the molecule is C=CCOC(=O)NCCOCCOCCNCC(=O)O. The van der Waals surface area contributed by atoms with Crippen molar-refractivity contribution in [3.8, 4) is 0 Å².